The van der Waals surface area contributed by atoms with Crippen LogP contribution in [0.4, 0.5) is 0 Å². The monoisotopic (exact) mass is 1000 g/mol. The third-order valence-electron chi connectivity index (χ3n) is 15.3. The zero-order chi connectivity index (χ0) is 51.4. The molecule has 0 aliphatic rings. The maximum absolute atomic E-state index is 12.5. The Morgan fingerprint density at radius 1 is 0.380 bits per heavy atom. The summed E-state index contributed by atoms with van der Waals surface area (Å²) in [5, 5.41) is 23.4. The summed E-state index contributed by atoms with van der Waals surface area (Å²) in [4.78, 5) is 24.6. The van der Waals surface area contributed by atoms with Crippen LogP contribution in [0.25, 0.3) is 0 Å². The molecule has 0 heterocycles. The summed E-state index contributed by atoms with van der Waals surface area (Å²) in [7, 11) is 0. The van der Waals surface area contributed by atoms with E-state index in [-0.39, 0.29) is 18.5 Å². The molecule has 0 aromatic heterocycles. The number of ether oxygens (including phenoxy) is 1. The quantitative estimate of drug-likeness (QED) is 0.0320. The summed E-state index contributed by atoms with van der Waals surface area (Å²) in [5.41, 5.74) is 0. The van der Waals surface area contributed by atoms with Crippen LogP contribution in [-0.4, -0.2) is 47.4 Å². The predicted octanol–water partition coefficient (Wildman–Crippen LogP) is 20.4. The molecule has 2 unspecified atom stereocenters. The third kappa shape index (κ3) is 57.7. The molecule has 0 rings (SSSR count). The minimum absolute atomic E-state index is 0.0107. The van der Waals surface area contributed by atoms with Gasteiger partial charge in [-0.1, -0.05) is 315 Å². The minimum atomic E-state index is -0.669. The van der Waals surface area contributed by atoms with Gasteiger partial charge in [0.15, 0.2) is 0 Å². The van der Waals surface area contributed by atoms with Gasteiger partial charge in [0, 0.05) is 12.8 Å². The molecule has 2 atom stereocenters. The number of unbranched alkanes of at least 4 members (excludes halogenated alkanes) is 48. The van der Waals surface area contributed by atoms with E-state index in [4.69, 9.17) is 4.74 Å². The van der Waals surface area contributed by atoms with Crippen LogP contribution >= 0.6 is 0 Å². The molecule has 0 fully saturated rings. The van der Waals surface area contributed by atoms with Crippen molar-refractivity contribution in [3.8, 4) is 0 Å². The Hall–Kier alpha value is -1.40. The van der Waals surface area contributed by atoms with Crippen LogP contribution in [0.1, 0.15) is 367 Å². The molecule has 0 saturated carbocycles. The van der Waals surface area contributed by atoms with Crippen LogP contribution in [0, 0.1) is 0 Å². The molecule has 0 saturated heterocycles. The van der Waals surface area contributed by atoms with Gasteiger partial charge < -0.3 is 20.3 Å². The highest BCUT2D eigenvalue weighted by atomic mass is 16.5. The van der Waals surface area contributed by atoms with Crippen LogP contribution in [0.3, 0.4) is 0 Å². The molecule has 6 heteroatoms. The molecule has 0 aliphatic heterocycles. The van der Waals surface area contributed by atoms with Crippen molar-refractivity contribution in [1.82, 2.24) is 5.32 Å². The molecule has 0 bridgehead atoms. The highest BCUT2D eigenvalue weighted by molar-refractivity contribution is 5.76. The Bertz CT molecular complexity index is 1060. The second-order valence-corrected chi connectivity index (χ2v) is 22.5. The molecular formula is C65H127NO5. The van der Waals surface area contributed by atoms with Crippen molar-refractivity contribution < 1.29 is 24.5 Å². The van der Waals surface area contributed by atoms with Gasteiger partial charge in [0.1, 0.15) is 0 Å². The van der Waals surface area contributed by atoms with Gasteiger partial charge in [0.25, 0.3) is 0 Å². The highest BCUT2D eigenvalue weighted by Gasteiger charge is 2.20. The largest absolute Gasteiger partial charge is 0.466 e. The second kappa shape index (κ2) is 61.1. The van der Waals surface area contributed by atoms with Crippen LogP contribution in [0.2, 0.25) is 0 Å². The second-order valence-electron chi connectivity index (χ2n) is 22.5. The van der Waals surface area contributed by atoms with E-state index >= 15 is 0 Å². The minimum Gasteiger partial charge on any atom is -0.466 e. The molecule has 1 amide bonds. The molecule has 0 radical (unpaired) electrons. The highest BCUT2D eigenvalue weighted by Crippen LogP contribution is 2.18. The summed E-state index contributed by atoms with van der Waals surface area (Å²) >= 11 is 0. The van der Waals surface area contributed by atoms with Gasteiger partial charge in [0.2, 0.25) is 5.91 Å². The molecule has 422 valence electrons. The molecule has 71 heavy (non-hydrogen) atoms. The van der Waals surface area contributed by atoms with Gasteiger partial charge in [-0.25, -0.2) is 0 Å². The number of rotatable bonds is 61. The number of allylic oxidation sites excluding steroid dienone is 2. The van der Waals surface area contributed by atoms with E-state index in [1.807, 2.05) is 0 Å². The van der Waals surface area contributed by atoms with Crippen molar-refractivity contribution in [2.75, 3.05) is 13.2 Å². The number of carbonyl (C=O) groups excluding carboxylic acids is 2. The van der Waals surface area contributed by atoms with Gasteiger partial charge >= 0.3 is 5.97 Å². The van der Waals surface area contributed by atoms with Gasteiger partial charge in [-0.05, 0) is 51.4 Å². The van der Waals surface area contributed by atoms with Crippen molar-refractivity contribution in [3.05, 3.63) is 12.2 Å². The molecule has 0 aromatic carbocycles. The first-order valence-electron chi connectivity index (χ1n) is 32.4. The normalized spacial score (nSPS) is 12.6. The Balaban J connectivity index is 3.42. The van der Waals surface area contributed by atoms with Crippen molar-refractivity contribution in [1.29, 1.82) is 0 Å². The van der Waals surface area contributed by atoms with Crippen molar-refractivity contribution in [2.45, 2.75) is 379 Å². The fourth-order valence-corrected chi connectivity index (χ4v) is 10.3. The number of hydrogen-bond acceptors (Lipinski definition) is 5. The maximum Gasteiger partial charge on any atom is 0.305 e. The van der Waals surface area contributed by atoms with E-state index < -0.39 is 12.1 Å². The summed E-state index contributed by atoms with van der Waals surface area (Å²) < 4.78 is 5.48. The number of amides is 1. The Morgan fingerprint density at radius 2 is 0.662 bits per heavy atom. The van der Waals surface area contributed by atoms with E-state index in [1.54, 1.807) is 0 Å². The zero-order valence-electron chi connectivity index (χ0n) is 48.2. The van der Waals surface area contributed by atoms with Crippen LogP contribution < -0.4 is 5.32 Å². The molecule has 0 spiro atoms. The van der Waals surface area contributed by atoms with Gasteiger partial charge in [0.05, 0.1) is 25.4 Å². The van der Waals surface area contributed by atoms with Crippen LogP contribution in [-0.2, 0) is 14.3 Å². The number of carbonyl (C=O) groups is 2. The van der Waals surface area contributed by atoms with E-state index in [0.29, 0.717) is 25.9 Å². The molecule has 0 aliphatic carbocycles. The summed E-state index contributed by atoms with van der Waals surface area (Å²) in [6.07, 6.45) is 73.7. The standard InChI is InChI=1S/C65H127NO5/c1-3-5-7-9-11-13-15-17-18-19-20-24-27-30-34-37-41-45-49-53-57-63(68)62(61-67)66-64(69)58-54-50-46-42-38-35-31-28-25-22-21-23-26-29-32-36-40-44-48-52-56-60-71-65(70)59-55-51-47-43-39-33-16-14-12-10-8-6-4-2/h22,25,62-63,67-68H,3-21,23-24,26-61H2,1-2H3,(H,66,69)/b25-22-. The molecule has 0 aromatic rings. The SMILES string of the molecule is CCCCCCCCCCCCCCCCCCCCCCC(O)C(CO)NC(=O)CCCCCCCCC/C=C\CCCCCCCCCCCCOC(=O)CCCCCCCCCCCCCCC. The predicted molar refractivity (Wildman–Crippen MR) is 310 cm³/mol. The first-order valence-corrected chi connectivity index (χ1v) is 32.4. The lowest BCUT2D eigenvalue weighted by Crippen LogP contribution is -2.45. The summed E-state index contributed by atoms with van der Waals surface area (Å²) in [6, 6.07) is -0.547. The topological polar surface area (TPSA) is 95.9 Å². The first-order chi connectivity index (χ1) is 35.0. The zero-order valence-corrected chi connectivity index (χ0v) is 48.2. The number of nitrogens with one attached hydrogen (secondary N) is 1. The van der Waals surface area contributed by atoms with Gasteiger partial charge in [-0.15, -0.1) is 0 Å². The smallest absolute Gasteiger partial charge is 0.305 e. The van der Waals surface area contributed by atoms with Crippen molar-refractivity contribution >= 4 is 11.9 Å². The Kier molecular flexibility index (Phi) is 59.9. The Morgan fingerprint density at radius 3 is 1.00 bits per heavy atom. The first kappa shape index (κ1) is 69.6. The summed E-state index contributed by atoms with van der Waals surface area (Å²) in [5.74, 6) is -0.0280. The van der Waals surface area contributed by atoms with E-state index in [0.717, 1.165) is 38.5 Å². The van der Waals surface area contributed by atoms with Crippen molar-refractivity contribution in [2.24, 2.45) is 0 Å². The lowest BCUT2D eigenvalue weighted by molar-refractivity contribution is -0.143. The van der Waals surface area contributed by atoms with E-state index in [2.05, 4.69) is 31.3 Å². The maximum atomic E-state index is 12.5. The van der Waals surface area contributed by atoms with E-state index in [9.17, 15) is 19.8 Å². The average Bonchev–Trinajstić information content (AvgIpc) is 3.37. The van der Waals surface area contributed by atoms with Crippen LogP contribution in [0.5, 0.6) is 0 Å². The Labute approximate surface area is 444 Å². The molecule has 6 nitrogen and oxygen atoms in total. The van der Waals surface area contributed by atoms with E-state index in [1.165, 1.54) is 295 Å². The number of hydrogen-bond donors (Lipinski definition) is 3. The lowest BCUT2D eigenvalue weighted by Gasteiger charge is -2.22. The number of aliphatic hydroxyl groups excluding tert-OH is 2. The third-order valence-corrected chi connectivity index (χ3v) is 15.3. The summed E-state index contributed by atoms with van der Waals surface area (Å²) in [6.45, 7) is 4.98. The fraction of sp³-hybridized carbons (Fsp3) is 0.938. The molecule has 3 N–H and O–H groups in total. The van der Waals surface area contributed by atoms with Gasteiger partial charge in [-0.2, -0.15) is 0 Å². The lowest BCUT2D eigenvalue weighted by atomic mass is 10.0. The number of aliphatic hydroxyl groups is 2. The van der Waals surface area contributed by atoms with Crippen molar-refractivity contribution in [3.63, 3.8) is 0 Å². The average molecular weight is 1000 g/mol. The molecular weight excluding hydrogens is 875 g/mol. The van der Waals surface area contributed by atoms with Crippen LogP contribution in [0.15, 0.2) is 12.2 Å². The fourth-order valence-electron chi connectivity index (χ4n) is 10.3. The number of esters is 1. The van der Waals surface area contributed by atoms with Gasteiger partial charge in [-0.3, -0.25) is 9.59 Å².